The molecule has 1 aliphatic rings. The summed E-state index contributed by atoms with van der Waals surface area (Å²) < 4.78 is 59.1. The molecule has 0 aliphatic carbocycles. The first-order chi connectivity index (χ1) is 32.1. The average molecular weight is 947 g/mol. The zero-order chi connectivity index (χ0) is 48.2. The van der Waals surface area contributed by atoms with Crippen LogP contribution in [0.4, 0.5) is 0 Å². The smallest absolute Gasteiger partial charge is 0.397 e. The summed E-state index contributed by atoms with van der Waals surface area (Å²) >= 11 is 0. The molecule has 6 atom stereocenters. The van der Waals surface area contributed by atoms with Crippen molar-refractivity contribution in [2.75, 3.05) is 26.4 Å². The molecule has 1 heterocycles. The SMILES string of the molecule is CC/C=C\C/C=C\C/C=C\C/C=C\C/C=C\C/C=C\CCCOCC(COC1OC(CO)C(O)C(OS(=O)(=O)O)C1O)OC(=O)CCCCCCCC/C=C\C/C=C\C/C=C\CCCCC. The van der Waals surface area contributed by atoms with Gasteiger partial charge in [0.05, 0.1) is 19.8 Å². The minimum Gasteiger partial charge on any atom is -0.457 e. The highest BCUT2D eigenvalue weighted by molar-refractivity contribution is 7.80. The second kappa shape index (κ2) is 43.1. The molecule has 1 aliphatic heterocycles. The Morgan fingerprint density at radius 1 is 0.591 bits per heavy atom. The Morgan fingerprint density at radius 2 is 1.05 bits per heavy atom. The summed E-state index contributed by atoms with van der Waals surface area (Å²) in [5, 5.41) is 30.7. The number of esters is 1. The largest absolute Gasteiger partial charge is 0.457 e. The first kappa shape index (κ1) is 60.8. The van der Waals surface area contributed by atoms with Gasteiger partial charge in [-0.25, -0.2) is 4.18 Å². The highest BCUT2D eigenvalue weighted by Gasteiger charge is 2.48. The summed E-state index contributed by atoms with van der Waals surface area (Å²) in [6.07, 6.45) is 51.2. The van der Waals surface area contributed by atoms with Gasteiger partial charge in [-0.1, -0.05) is 162 Å². The van der Waals surface area contributed by atoms with E-state index in [2.05, 4.69) is 127 Å². The van der Waals surface area contributed by atoms with Gasteiger partial charge in [-0.2, -0.15) is 8.42 Å². The fourth-order valence-electron chi connectivity index (χ4n) is 6.69. The van der Waals surface area contributed by atoms with Gasteiger partial charge >= 0.3 is 16.4 Å². The quantitative estimate of drug-likeness (QED) is 0.0198. The second-order valence-corrected chi connectivity index (χ2v) is 17.4. The van der Waals surface area contributed by atoms with Crippen LogP contribution in [0.25, 0.3) is 0 Å². The van der Waals surface area contributed by atoms with Gasteiger partial charge in [0.2, 0.25) is 0 Å². The lowest BCUT2D eigenvalue weighted by Gasteiger charge is -2.41. The van der Waals surface area contributed by atoms with E-state index in [-0.39, 0.29) is 19.6 Å². The van der Waals surface area contributed by atoms with Gasteiger partial charge in [0.15, 0.2) is 6.29 Å². The van der Waals surface area contributed by atoms with E-state index in [9.17, 15) is 33.1 Å². The van der Waals surface area contributed by atoms with Crippen LogP contribution in [0.5, 0.6) is 0 Å². The Kier molecular flexibility index (Phi) is 39.7. The van der Waals surface area contributed by atoms with Crippen LogP contribution in [0.2, 0.25) is 0 Å². The van der Waals surface area contributed by atoms with Crippen LogP contribution in [0, 0.1) is 0 Å². The van der Waals surface area contributed by atoms with Crippen molar-refractivity contribution in [2.45, 2.75) is 192 Å². The zero-order valence-corrected chi connectivity index (χ0v) is 41.0. The molecule has 0 aromatic heterocycles. The molecule has 66 heavy (non-hydrogen) atoms. The van der Waals surface area contributed by atoms with Gasteiger partial charge in [-0.05, 0) is 96.3 Å². The number of hydrogen-bond donors (Lipinski definition) is 4. The number of aliphatic hydroxyl groups excluding tert-OH is 3. The van der Waals surface area contributed by atoms with E-state index in [0.717, 1.165) is 103 Å². The highest BCUT2D eigenvalue weighted by atomic mass is 32.3. The summed E-state index contributed by atoms with van der Waals surface area (Å²) in [7, 11) is -5.08. The first-order valence-electron chi connectivity index (χ1n) is 24.6. The molecule has 4 N–H and O–H groups in total. The summed E-state index contributed by atoms with van der Waals surface area (Å²) in [6, 6.07) is 0. The molecule has 0 spiro atoms. The normalized spacial score (nSPS) is 20.5. The molecule has 6 unspecified atom stereocenters. The van der Waals surface area contributed by atoms with Gasteiger partial charge in [-0.15, -0.1) is 0 Å². The number of carbonyl (C=O) groups is 1. The topological polar surface area (TPSA) is 178 Å². The van der Waals surface area contributed by atoms with Crippen LogP contribution in [0.15, 0.2) is 109 Å². The Labute approximate surface area is 398 Å². The number of unbranched alkanes of at least 4 members (excludes halogenated alkanes) is 10. The molecule has 0 amide bonds. The van der Waals surface area contributed by atoms with Crippen LogP contribution >= 0.6 is 0 Å². The van der Waals surface area contributed by atoms with Crippen molar-refractivity contribution in [2.24, 2.45) is 0 Å². The fraction of sp³-hybridized carbons (Fsp3) is 0.642. The van der Waals surface area contributed by atoms with E-state index < -0.39 is 59.8 Å². The molecule has 0 aromatic rings. The molecule has 0 radical (unpaired) electrons. The van der Waals surface area contributed by atoms with Crippen molar-refractivity contribution in [3.63, 3.8) is 0 Å². The van der Waals surface area contributed by atoms with Gasteiger partial charge < -0.3 is 34.3 Å². The van der Waals surface area contributed by atoms with Crippen molar-refractivity contribution in [1.29, 1.82) is 0 Å². The van der Waals surface area contributed by atoms with E-state index in [1.54, 1.807) is 0 Å². The maximum atomic E-state index is 12.9. The number of ether oxygens (including phenoxy) is 4. The maximum Gasteiger partial charge on any atom is 0.397 e. The molecule has 0 saturated carbocycles. The average Bonchev–Trinajstić information content (AvgIpc) is 3.29. The summed E-state index contributed by atoms with van der Waals surface area (Å²) in [6.45, 7) is 3.66. The predicted octanol–water partition coefficient (Wildman–Crippen LogP) is 11.2. The molecule has 12 nitrogen and oxygen atoms in total. The van der Waals surface area contributed by atoms with Gasteiger partial charge in [-0.3, -0.25) is 9.35 Å². The van der Waals surface area contributed by atoms with Gasteiger partial charge in [0, 0.05) is 13.0 Å². The molecule has 0 bridgehead atoms. The Morgan fingerprint density at radius 3 is 1.53 bits per heavy atom. The molecule has 13 heteroatoms. The Hall–Kier alpha value is -3.24. The maximum absolute atomic E-state index is 12.9. The number of aliphatic hydroxyl groups is 3. The zero-order valence-electron chi connectivity index (χ0n) is 40.2. The molecule has 1 saturated heterocycles. The minimum absolute atomic E-state index is 0.0173. The summed E-state index contributed by atoms with van der Waals surface area (Å²) in [5.41, 5.74) is 0. The molecular weight excluding hydrogens is 861 g/mol. The van der Waals surface area contributed by atoms with Crippen LogP contribution < -0.4 is 0 Å². The summed E-state index contributed by atoms with van der Waals surface area (Å²) in [5.74, 6) is -0.436. The van der Waals surface area contributed by atoms with Crippen LogP contribution in [0.1, 0.15) is 155 Å². The summed E-state index contributed by atoms with van der Waals surface area (Å²) in [4.78, 5) is 12.9. The number of allylic oxidation sites excluding steroid dienone is 18. The third-order valence-corrected chi connectivity index (χ3v) is 10.8. The lowest BCUT2D eigenvalue weighted by Crippen LogP contribution is -2.60. The number of carbonyl (C=O) groups excluding carboxylic acids is 1. The Balaban J connectivity index is 2.46. The van der Waals surface area contributed by atoms with E-state index in [0.29, 0.717) is 13.0 Å². The lowest BCUT2D eigenvalue weighted by atomic mass is 9.99. The van der Waals surface area contributed by atoms with Crippen molar-refractivity contribution in [3.05, 3.63) is 109 Å². The predicted molar refractivity (Wildman–Crippen MR) is 266 cm³/mol. The molecule has 1 rings (SSSR count). The van der Waals surface area contributed by atoms with Crippen molar-refractivity contribution < 1.29 is 56.2 Å². The van der Waals surface area contributed by atoms with Crippen LogP contribution in [0.3, 0.4) is 0 Å². The van der Waals surface area contributed by atoms with Crippen molar-refractivity contribution in [3.8, 4) is 0 Å². The van der Waals surface area contributed by atoms with Crippen molar-refractivity contribution in [1.82, 2.24) is 0 Å². The third kappa shape index (κ3) is 35.9. The fourth-order valence-corrected chi connectivity index (χ4v) is 7.20. The number of hydrogen-bond acceptors (Lipinski definition) is 11. The first-order valence-corrected chi connectivity index (χ1v) is 26.0. The molecule has 376 valence electrons. The highest BCUT2D eigenvalue weighted by Crippen LogP contribution is 2.26. The van der Waals surface area contributed by atoms with Crippen LogP contribution in [-0.2, 0) is 38.3 Å². The van der Waals surface area contributed by atoms with E-state index in [1.165, 1.54) is 25.7 Å². The third-order valence-electron chi connectivity index (χ3n) is 10.4. The number of rotatable bonds is 41. The van der Waals surface area contributed by atoms with E-state index >= 15 is 0 Å². The lowest BCUT2D eigenvalue weighted by molar-refractivity contribution is -0.301. The minimum atomic E-state index is -5.08. The van der Waals surface area contributed by atoms with Gasteiger partial charge in [0.25, 0.3) is 0 Å². The Bertz CT molecular complexity index is 1560. The van der Waals surface area contributed by atoms with Crippen LogP contribution in [-0.4, -0.2) is 97.5 Å². The van der Waals surface area contributed by atoms with Crippen molar-refractivity contribution >= 4 is 16.4 Å². The van der Waals surface area contributed by atoms with Gasteiger partial charge in [0.1, 0.15) is 30.5 Å². The molecular formula is C53H86O12S. The second-order valence-electron chi connectivity index (χ2n) is 16.3. The standard InChI is InChI=1S/C53H86O12S/c1-3-5-7-9-11-13-15-17-19-21-23-25-27-29-31-33-35-37-39-41-43-61-45-47(46-62-53-51(57)52(65-66(58,59)60)50(56)48(44-54)64-53)63-49(55)42-40-38-36-34-32-30-28-26-24-22-20-18-16-14-12-10-8-6-4-2/h5,7,11-14,17-20,23-26,29,31,35,37,47-48,50-54,56-57H,3-4,6,8-10,15-16,21-22,27-28,30,32-34,36,38-46H2,1-2H3,(H,58,59,60)/b7-5-,13-11-,14-12-,19-17-,20-18-,25-23-,26-24-,31-29-,37-35-. The molecule has 1 fully saturated rings. The van der Waals surface area contributed by atoms with E-state index in [1.807, 2.05) is 0 Å². The van der Waals surface area contributed by atoms with E-state index in [4.69, 9.17) is 18.9 Å². The molecule has 0 aromatic carbocycles. The monoisotopic (exact) mass is 947 g/mol.